The molecule has 2 heterocycles. The lowest BCUT2D eigenvalue weighted by Crippen LogP contribution is -2.45. The molecule has 2 fully saturated rings. The van der Waals surface area contributed by atoms with E-state index in [-0.39, 0.29) is 0 Å². The summed E-state index contributed by atoms with van der Waals surface area (Å²) in [5, 5.41) is 3.34. The summed E-state index contributed by atoms with van der Waals surface area (Å²) in [6, 6.07) is 0. The van der Waals surface area contributed by atoms with Crippen LogP contribution >= 0.6 is 0 Å². The molecule has 1 N–H and O–H groups in total. The fraction of sp³-hybridized carbons (Fsp3) is 1.00. The van der Waals surface area contributed by atoms with Crippen molar-refractivity contribution in [1.29, 1.82) is 0 Å². The molecule has 0 spiro atoms. The maximum atomic E-state index is 5.84. The van der Waals surface area contributed by atoms with Gasteiger partial charge in [-0.15, -0.1) is 0 Å². The Morgan fingerprint density at radius 1 is 1.21 bits per heavy atom. The van der Waals surface area contributed by atoms with Crippen molar-refractivity contribution < 1.29 is 9.47 Å². The van der Waals surface area contributed by atoms with Crippen LogP contribution in [0.15, 0.2) is 0 Å². The van der Waals surface area contributed by atoms with Crippen LogP contribution in [0.2, 0.25) is 0 Å². The molecule has 0 atom stereocenters. The summed E-state index contributed by atoms with van der Waals surface area (Å²) < 4.78 is 11.1. The maximum absolute atomic E-state index is 5.84. The highest BCUT2D eigenvalue weighted by atomic mass is 16.5. The molecule has 14 heavy (non-hydrogen) atoms. The summed E-state index contributed by atoms with van der Waals surface area (Å²) in [5.74, 6) is 0. The summed E-state index contributed by atoms with van der Waals surface area (Å²) in [7, 11) is 0. The second kappa shape index (κ2) is 5.66. The highest BCUT2D eigenvalue weighted by Gasteiger charge is 2.16. The van der Waals surface area contributed by atoms with Crippen LogP contribution in [0.1, 0.15) is 12.8 Å². The summed E-state index contributed by atoms with van der Waals surface area (Å²) in [5.41, 5.74) is 0. The molecular formula is C10H20N2O2. The normalized spacial score (nSPS) is 26.6. The van der Waals surface area contributed by atoms with Crippen molar-refractivity contribution in [1.82, 2.24) is 10.2 Å². The fourth-order valence-corrected chi connectivity index (χ4v) is 1.89. The van der Waals surface area contributed by atoms with Crippen LogP contribution in [0.3, 0.4) is 0 Å². The van der Waals surface area contributed by atoms with E-state index in [1.807, 2.05) is 0 Å². The van der Waals surface area contributed by atoms with Gasteiger partial charge in [0.05, 0.1) is 12.8 Å². The molecule has 2 aliphatic heterocycles. The van der Waals surface area contributed by atoms with Crippen molar-refractivity contribution in [2.24, 2.45) is 0 Å². The standard InChI is InChI=1S/C10H20N2O2/c1-7-13-8-2-10(1)14-9-12-5-3-11-4-6-12/h10-11H,1-9H2. The maximum Gasteiger partial charge on any atom is 0.0994 e. The van der Waals surface area contributed by atoms with E-state index in [0.29, 0.717) is 6.10 Å². The van der Waals surface area contributed by atoms with Crippen molar-refractivity contribution in [2.75, 3.05) is 46.1 Å². The van der Waals surface area contributed by atoms with Crippen LogP contribution < -0.4 is 5.32 Å². The molecule has 2 aliphatic rings. The van der Waals surface area contributed by atoms with Crippen LogP contribution in [0.4, 0.5) is 0 Å². The molecule has 4 nitrogen and oxygen atoms in total. The molecule has 0 aromatic carbocycles. The molecule has 0 radical (unpaired) electrons. The molecule has 2 saturated heterocycles. The van der Waals surface area contributed by atoms with Gasteiger partial charge < -0.3 is 14.8 Å². The van der Waals surface area contributed by atoms with Crippen LogP contribution in [-0.2, 0) is 9.47 Å². The fourth-order valence-electron chi connectivity index (χ4n) is 1.89. The Bertz CT molecular complexity index is 136. The van der Waals surface area contributed by atoms with Gasteiger partial charge in [0.2, 0.25) is 0 Å². The van der Waals surface area contributed by atoms with Crippen molar-refractivity contribution >= 4 is 0 Å². The first-order chi connectivity index (χ1) is 6.95. The van der Waals surface area contributed by atoms with Gasteiger partial charge in [-0.25, -0.2) is 0 Å². The zero-order valence-corrected chi connectivity index (χ0v) is 8.71. The second-order valence-corrected chi connectivity index (χ2v) is 3.98. The van der Waals surface area contributed by atoms with Gasteiger partial charge in [0, 0.05) is 39.4 Å². The Kier molecular flexibility index (Phi) is 4.19. The average molecular weight is 200 g/mol. The number of nitrogens with zero attached hydrogens (tertiary/aromatic N) is 1. The van der Waals surface area contributed by atoms with Crippen molar-refractivity contribution in [3.8, 4) is 0 Å². The smallest absolute Gasteiger partial charge is 0.0994 e. The largest absolute Gasteiger partial charge is 0.381 e. The van der Waals surface area contributed by atoms with Gasteiger partial charge in [0.25, 0.3) is 0 Å². The minimum absolute atomic E-state index is 0.429. The lowest BCUT2D eigenvalue weighted by Gasteiger charge is -2.30. The summed E-state index contributed by atoms with van der Waals surface area (Å²) >= 11 is 0. The molecule has 0 bridgehead atoms. The molecule has 0 aliphatic carbocycles. The number of piperazine rings is 1. The van der Waals surface area contributed by atoms with Gasteiger partial charge in [-0.2, -0.15) is 0 Å². The van der Waals surface area contributed by atoms with E-state index in [1.54, 1.807) is 0 Å². The Labute approximate surface area is 85.5 Å². The lowest BCUT2D eigenvalue weighted by molar-refractivity contribution is -0.0720. The second-order valence-electron chi connectivity index (χ2n) is 3.98. The van der Waals surface area contributed by atoms with Crippen molar-refractivity contribution in [2.45, 2.75) is 18.9 Å². The molecule has 0 amide bonds. The van der Waals surface area contributed by atoms with Crippen LogP contribution in [0.5, 0.6) is 0 Å². The number of hydrogen-bond donors (Lipinski definition) is 1. The van der Waals surface area contributed by atoms with E-state index in [1.165, 1.54) is 0 Å². The summed E-state index contributed by atoms with van der Waals surface area (Å²) in [6.07, 6.45) is 2.55. The Balaban J connectivity index is 1.60. The Morgan fingerprint density at radius 2 is 1.93 bits per heavy atom. The first-order valence-electron chi connectivity index (χ1n) is 5.57. The first-order valence-corrected chi connectivity index (χ1v) is 5.57. The molecule has 0 aromatic heterocycles. The molecule has 2 rings (SSSR count). The van der Waals surface area contributed by atoms with E-state index in [2.05, 4.69) is 10.2 Å². The van der Waals surface area contributed by atoms with Gasteiger partial charge in [-0.05, 0) is 12.8 Å². The van der Waals surface area contributed by atoms with Gasteiger partial charge in [-0.3, -0.25) is 4.90 Å². The number of nitrogens with one attached hydrogen (secondary N) is 1. The number of ether oxygens (including phenoxy) is 2. The van der Waals surface area contributed by atoms with Crippen molar-refractivity contribution in [3.63, 3.8) is 0 Å². The highest BCUT2D eigenvalue weighted by Crippen LogP contribution is 2.10. The Hall–Kier alpha value is -0.160. The van der Waals surface area contributed by atoms with Gasteiger partial charge >= 0.3 is 0 Å². The van der Waals surface area contributed by atoms with Gasteiger partial charge in [-0.1, -0.05) is 0 Å². The molecular weight excluding hydrogens is 180 g/mol. The average Bonchev–Trinajstić information content (AvgIpc) is 2.29. The quantitative estimate of drug-likeness (QED) is 0.697. The van der Waals surface area contributed by atoms with Gasteiger partial charge in [0.15, 0.2) is 0 Å². The first kappa shape index (κ1) is 10.4. The number of hydrogen-bond acceptors (Lipinski definition) is 4. The third kappa shape index (κ3) is 3.20. The molecule has 82 valence electrons. The lowest BCUT2D eigenvalue weighted by atomic mass is 10.2. The SMILES string of the molecule is C1CN(COC2CCOCC2)CCN1. The minimum atomic E-state index is 0.429. The molecule has 0 saturated carbocycles. The van der Waals surface area contributed by atoms with E-state index in [0.717, 1.165) is 59.0 Å². The number of rotatable bonds is 3. The third-order valence-corrected chi connectivity index (χ3v) is 2.87. The topological polar surface area (TPSA) is 33.7 Å². The summed E-state index contributed by atoms with van der Waals surface area (Å²) in [4.78, 5) is 2.37. The van der Waals surface area contributed by atoms with E-state index in [4.69, 9.17) is 9.47 Å². The highest BCUT2D eigenvalue weighted by molar-refractivity contribution is 4.66. The van der Waals surface area contributed by atoms with Crippen LogP contribution in [0, 0.1) is 0 Å². The third-order valence-electron chi connectivity index (χ3n) is 2.87. The summed E-state index contributed by atoms with van der Waals surface area (Å²) in [6.45, 7) is 6.95. The predicted molar refractivity (Wildman–Crippen MR) is 54.2 cm³/mol. The predicted octanol–water partition coefficient (Wildman–Crippen LogP) is 0.0447. The minimum Gasteiger partial charge on any atom is -0.381 e. The van der Waals surface area contributed by atoms with E-state index >= 15 is 0 Å². The molecule has 0 aromatic rings. The van der Waals surface area contributed by atoms with E-state index < -0.39 is 0 Å². The van der Waals surface area contributed by atoms with Crippen molar-refractivity contribution in [3.05, 3.63) is 0 Å². The Morgan fingerprint density at radius 3 is 2.64 bits per heavy atom. The zero-order chi connectivity index (χ0) is 9.64. The van der Waals surface area contributed by atoms with Gasteiger partial charge in [0.1, 0.15) is 0 Å². The van der Waals surface area contributed by atoms with Crippen LogP contribution in [-0.4, -0.2) is 57.1 Å². The monoisotopic (exact) mass is 200 g/mol. The molecule has 4 heteroatoms. The van der Waals surface area contributed by atoms with E-state index in [9.17, 15) is 0 Å². The molecule has 0 unspecified atom stereocenters. The van der Waals surface area contributed by atoms with Crippen LogP contribution in [0.25, 0.3) is 0 Å². The zero-order valence-electron chi connectivity index (χ0n) is 8.71.